The van der Waals surface area contributed by atoms with Gasteiger partial charge in [-0.1, -0.05) is 30.3 Å². The van der Waals surface area contributed by atoms with Crippen molar-refractivity contribution in [3.63, 3.8) is 0 Å². The number of amides is 1. The van der Waals surface area contributed by atoms with E-state index in [1.54, 1.807) is 33.3 Å². The molecule has 0 fully saturated rings. The predicted molar refractivity (Wildman–Crippen MR) is 110 cm³/mol. The van der Waals surface area contributed by atoms with E-state index in [9.17, 15) is 9.59 Å². The Morgan fingerprint density at radius 1 is 1.10 bits per heavy atom. The van der Waals surface area contributed by atoms with E-state index < -0.39 is 6.04 Å². The zero-order chi connectivity index (χ0) is 20.8. The zero-order valence-corrected chi connectivity index (χ0v) is 16.8. The van der Waals surface area contributed by atoms with Gasteiger partial charge in [-0.2, -0.15) is 0 Å². The molecule has 6 heteroatoms. The van der Waals surface area contributed by atoms with Gasteiger partial charge in [0, 0.05) is 17.0 Å². The van der Waals surface area contributed by atoms with Crippen LogP contribution in [-0.4, -0.2) is 25.1 Å². The average molecular weight is 395 g/mol. The molecule has 0 bridgehead atoms. The summed E-state index contributed by atoms with van der Waals surface area (Å²) in [5.74, 6) is 0.139. The Kier molecular flexibility index (Phi) is 6.54. The van der Waals surface area contributed by atoms with Crippen molar-refractivity contribution < 1.29 is 23.5 Å². The van der Waals surface area contributed by atoms with Gasteiger partial charge < -0.3 is 19.2 Å². The number of hydrogen-bond donors (Lipinski definition) is 1. The second-order valence-corrected chi connectivity index (χ2v) is 7.07. The minimum absolute atomic E-state index is 0.0667. The predicted octanol–water partition coefficient (Wildman–Crippen LogP) is 4.18. The third-order valence-electron chi connectivity index (χ3n) is 4.49. The summed E-state index contributed by atoms with van der Waals surface area (Å²) >= 11 is 0. The molecule has 3 aromatic rings. The molecule has 0 radical (unpaired) electrons. The highest BCUT2D eigenvalue weighted by Crippen LogP contribution is 2.26. The Balaban J connectivity index is 1.73. The van der Waals surface area contributed by atoms with Gasteiger partial charge in [-0.05, 0) is 31.5 Å². The van der Waals surface area contributed by atoms with Crippen LogP contribution >= 0.6 is 0 Å². The van der Waals surface area contributed by atoms with Gasteiger partial charge >= 0.3 is 5.97 Å². The molecule has 29 heavy (non-hydrogen) atoms. The number of methoxy groups -OCH3 is 1. The molecule has 0 spiro atoms. The van der Waals surface area contributed by atoms with Gasteiger partial charge in [0.2, 0.25) is 5.91 Å². The first-order valence-corrected chi connectivity index (χ1v) is 9.54. The molecule has 1 amide bonds. The van der Waals surface area contributed by atoms with E-state index in [0.29, 0.717) is 11.3 Å². The lowest BCUT2D eigenvalue weighted by Gasteiger charge is -2.19. The number of esters is 1. The smallest absolute Gasteiger partial charge is 0.308 e. The summed E-state index contributed by atoms with van der Waals surface area (Å²) in [7, 11) is 1.59. The Labute approximate surface area is 169 Å². The normalized spacial score (nSPS) is 12.0. The number of carbonyl (C=O) groups is 2. The summed E-state index contributed by atoms with van der Waals surface area (Å²) in [6.45, 7) is 3.60. The van der Waals surface area contributed by atoms with Crippen LogP contribution in [0, 0.1) is 0 Å². The summed E-state index contributed by atoms with van der Waals surface area (Å²) in [5.41, 5.74) is 2.28. The highest BCUT2D eigenvalue weighted by molar-refractivity contribution is 5.88. The fraction of sp³-hybridized carbons (Fsp3) is 0.304. The van der Waals surface area contributed by atoms with E-state index >= 15 is 0 Å². The lowest BCUT2D eigenvalue weighted by molar-refractivity contribution is -0.148. The van der Waals surface area contributed by atoms with Gasteiger partial charge in [-0.3, -0.25) is 9.59 Å². The highest BCUT2D eigenvalue weighted by Gasteiger charge is 2.21. The van der Waals surface area contributed by atoms with Crippen molar-refractivity contribution in [2.24, 2.45) is 0 Å². The molecule has 0 saturated carbocycles. The molecule has 152 valence electrons. The maximum absolute atomic E-state index is 12.7. The largest absolute Gasteiger partial charge is 0.497 e. The minimum atomic E-state index is -0.465. The molecule has 0 aliphatic heterocycles. The molecule has 1 N–H and O–H groups in total. The SMILES string of the molecule is COc1ccc2c(CC(=O)NC(CC(=O)OC(C)C)c3ccccc3)coc2c1. The third-order valence-corrected chi connectivity index (χ3v) is 4.49. The molecule has 0 aliphatic rings. The van der Waals surface area contributed by atoms with Crippen LogP contribution < -0.4 is 10.1 Å². The molecule has 2 aromatic carbocycles. The first-order chi connectivity index (χ1) is 14.0. The van der Waals surface area contributed by atoms with E-state index in [2.05, 4.69) is 5.32 Å². The molecular formula is C23H25NO5. The maximum atomic E-state index is 12.7. The van der Waals surface area contributed by atoms with Crippen LogP contribution in [0.1, 0.15) is 37.4 Å². The van der Waals surface area contributed by atoms with E-state index in [0.717, 1.165) is 16.5 Å². The van der Waals surface area contributed by atoms with E-state index in [1.807, 2.05) is 42.5 Å². The topological polar surface area (TPSA) is 77.8 Å². The van der Waals surface area contributed by atoms with Crippen molar-refractivity contribution in [2.75, 3.05) is 7.11 Å². The summed E-state index contributed by atoms with van der Waals surface area (Å²) in [6, 6.07) is 14.4. The Bertz CT molecular complexity index is 977. The second-order valence-electron chi connectivity index (χ2n) is 7.07. The number of nitrogens with one attached hydrogen (secondary N) is 1. The highest BCUT2D eigenvalue weighted by atomic mass is 16.5. The number of furan rings is 1. The second kappa shape index (κ2) is 9.28. The Hall–Kier alpha value is -3.28. The van der Waals surface area contributed by atoms with Crippen LogP contribution in [-0.2, 0) is 20.7 Å². The summed E-state index contributed by atoms with van der Waals surface area (Å²) in [4.78, 5) is 24.9. The number of carbonyl (C=O) groups excluding carboxylic acids is 2. The molecule has 1 unspecified atom stereocenters. The molecule has 1 heterocycles. The van der Waals surface area contributed by atoms with Gasteiger partial charge in [-0.25, -0.2) is 0 Å². The minimum Gasteiger partial charge on any atom is -0.497 e. The van der Waals surface area contributed by atoms with Crippen molar-refractivity contribution in [1.82, 2.24) is 5.32 Å². The molecular weight excluding hydrogens is 370 g/mol. The van der Waals surface area contributed by atoms with E-state index in [4.69, 9.17) is 13.9 Å². The van der Waals surface area contributed by atoms with Crippen LogP contribution in [0.25, 0.3) is 11.0 Å². The number of benzene rings is 2. The van der Waals surface area contributed by atoms with Crippen LogP contribution in [0.3, 0.4) is 0 Å². The summed E-state index contributed by atoms with van der Waals surface area (Å²) in [5, 5.41) is 3.81. The molecule has 1 aromatic heterocycles. The van der Waals surface area contributed by atoms with Gasteiger partial charge in [-0.15, -0.1) is 0 Å². The molecule has 1 atom stereocenters. The molecule has 0 aliphatic carbocycles. The molecule has 0 saturated heterocycles. The van der Waals surface area contributed by atoms with E-state index in [-0.39, 0.29) is 30.8 Å². The van der Waals surface area contributed by atoms with Crippen molar-refractivity contribution in [3.8, 4) is 5.75 Å². The number of hydrogen-bond acceptors (Lipinski definition) is 5. The number of ether oxygens (including phenoxy) is 2. The molecule has 3 rings (SSSR count). The fourth-order valence-electron chi connectivity index (χ4n) is 3.16. The van der Waals surface area contributed by atoms with E-state index in [1.165, 1.54) is 0 Å². The zero-order valence-electron chi connectivity index (χ0n) is 16.8. The van der Waals surface area contributed by atoms with Crippen molar-refractivity contribution in [3.05, 3.63) is 65.9 Å². The summed E-state index contributed by atoms with van der Waals surface area (Å²) in [6.07, 6.45) is 1.58. The van der Waals surface area contributed by atoms with Crippen molar-refractivity contribution >= 4 is 22.8 Å². The van der Waals surface area contributed by atoms with Crippen LogP contribution in [0.15, 0.2) is 59.2 Å². The first-order valence-electron chi connectivity index (χ1n) is 9.54. The quantitative estimate of drug-likeness (QED) is 0.579. The number of rotatable bonds is 8. The lowest BCUT2D eigenvalue weighted by atomic mass is 10.0. The van der Waals surface area contributed by atoms with Crippen LogP contribution in [0.2, 0.25) is 0 Å². The van der Waals surface area contributed by atoms with Gasteiger partial charge in [0.1, 0.15) is 11.3 Å². The van der Waals surface area contributed by atoms with Crippen molar-refractivity contribution in [2.45, 2.75) is 38.8 Å². The average Bonchev–Trinajstić information content (AvgIpc) is 3.09. The van der Waals surface area contributed by atoms with Gasteiger partial charge in [0.05, 0.1) is 38.4 Å². The van der Waals surface area contributed by atoms with Crippen molar-refractivity contribution in [1.29, 1.82) is 0 Å². The van der Waals surface area contributed by atoms with Gasteiger partial charge in [0.25, 0.3) is 0 Å². The van der Waals surface area contributed by atoms with Crippen LogP contribution in [0.4, 0.5) is 0 Å². The van der Waals surface area contributed by atoms with Gasteiger partial charge in [0.15, 0.2) is 0 Å². The number of fused-ring (bicyclic) bond motifs is 1. The Morgan fingerprint density at radius 3 is 2.55 bits per heavy atom. The third kappa shape index (κ3) is 5.38. The standard InChI is InChI=1S/C23H25NO5/c1-15(2)29-23(26)13-20(16-7-5-4-6-8-16)24-22(25)11-17-14-28-21-12-18(27-3)9-10-19(17)21/h4-10,12,14-15,20H,11,13H2,1-3H3,(H,24,25). The lowest BCUT2D eigenvalue weighted by Crippen LogP contribution is -2.32. The first kappa shape index (κ1) is 20.5. The Morgan fingerprint density at radius 2 is 1.86 bits per heavy atom. The molecule has 6 nitrogen and oxygen atoms in total. The maximum Gasteiger partial charge on any atom is 0.308 e. The monoisotopic (exact) mass is 395 g/mol. The van der Waals surface area contributed by atoms with Crippen LogP contribution in [0.5, 0.6) is 5.75 Å². The summed E-state index contributed by atoms with van der Waals surface area (Å²) < 4.78 is 16.0. The fourth-order valence-corrected chi connectivity index (χ4v) is 3.16.